The number of hydrogen-bond acceptors (Lipinski definition) is 6. The van der Waals surface area contributed by atoms with E-state index in [2.05, 4.69) is 20.6 Å². The molecule has 0 spiro atoms. The van der Waals surface area contributed by atoms with Crippen molar-refractivity contribution in [3.63, 3.8) is 0 Å². The second kappa shape index (κ2) is 7.76. The number of nitrogens with one attached hydrogen (secondary N) is 2. The zero-order valence-corrected chi connectivity index (χ0v) is 14.3. The molecule has 1 aromatic carbocycles. The molecule has 1 aliphatic rings. The fraction of sp³-hybridized carbons (Fsp3) is 0.500. The summed E-state index contributed by atoms with van der Waals surface area (Å²) >= 11 is 0. The summed E-state index contributed by atoms with van der Waals surface area (Å²) < 4.78 is 0. The summed E-state index contributed by atoms with van der Waals surface area (Å²) in [7, 11) is 0. The van der Waals surface area contributed by atoms with Crippen LogP contribution in [0.4, 0.5) is 5.95 Å². The summed E-state index contributed by atoms with van der Waals surface area (Å²) in [6.07, 6.45) is 4.19. The van der Waals surface area contributed by atoms with E-state index < -0.39 is 6.10 Å². The molecular weight excluding hydrogens is 320 g/mol. The Balaban J connectivity index is 1.80. The van der Waals surface area contributed by atoms with Crippen molar-refractivity contribution in [3.05, 3.63) is 30.0 Å². The number of aliphatic hydroxyl groups excluding tert-OH is 2. The highest BCUT2D eigenvalue weighted by Gasteiger charge is 2.20. The third kappa shape index (κ3) is 4.43. The van der Waals surface area contributed by atoms with Crippen molar-refractivity contribution in [2.45, 2.75) is 50.9 Å². The van der Waals surface area contributed by atoms with E-state index in [0.717, 1.165) is 31.1 Å². The summed E-state index contributed by atoms with van der Waals surface area (Å²) in [6, 6.07) is 5.60. The Morgan fingerprint density at radius 1 is 1.32 bits per heavy atom. The van der Waals surface area contributed by atoms with Crippen LogP contribution in [0.25, 0.3) is 10.9 Å². The Kier molecular flexibility index (Phi) is 5.45. The molecule has 1 atom stereocenters. The highest BCUT2D eigenvalue weighted by Crippen LogP contribution is 2.22. The number of para-hydroxylation sites is 1. The van der Waals surface area contributed by atoms with E-state index in [1.54, 1.807) is 25.3 Å². The second-order valence-corrected chi connectivity index (χ2v) is 6.65. The molecule has 4 N–H and O–H groups in total. The Bertz CT molecular complexity index is 742. The molecule has 3 rings (SSSR count). The van der Waals surface area contributed by atoms with Crippen LogP contribution in [0.1, 0.15) is 43.0 Å². The van der Waals surface area contributed by atoms with E-state index in [-0.39, 0.29) is 24.6 Å². The summed E-state index contributed by atoms with van der Waals surface area (Å²) in [5, 5.41) is 25.7. The second-order valence-electron chi connectivity index (χ2n) is 6.65. The summed E-state index contributed by atoms with van der Waals surface area (Å²) in [5.74, 6) is 0.224. The first kappa shape index (κ1) is 17.6. The lowest BCUT2D eigenvalue weighted by Gasteiger charge is -2.26. The smallest absolute Gasteiger partial charge is 0.253 e. The van der Waals surface area contributed by atoms with E-state index in [9.17, 15) is 15.0 Å². The molecule has 1 amide bonds. The van der Waals surface area contributed by atoms with Gasteiger partial charge in [-0.3, -0.25) is 4.79 Å². The van der Waals surface area contributed by atoms with E-state index >= 15 is 0 Å². The predicted molar refractivity (Wildman–Crippen MR) is 95.4 cm³/mol. The maximum absolute atomic E-state index is 12.4. The topological polar surface area (TPSA) is 107 Å². The maximum atomic E-state index is 12.4. The third-order valence-corrected chi connectivity index (χ3v) is 4.44. The number of anilines is 1. The van der Waals surface area contributed by atoms with Gasteiger partial charge in [0.25, 0.3) is 5.91 Å². The fourth-order valence-electron chi connectivity index (χ4n) is 3.05. The Hall–Kier alpha value is -2.25. The predicted octanol–water partition coefficient (Wildman–Crippen LogP) is 1.46. The number of benzene rings is 1. The van der Waals surface area contributed by atoms with Crippen LogP contribution >= 0.6 is 0 Å². The van der Waals surface area contributed by atoms with Gasteiger partial charge in [-0.05, 0) is 38.7 Å². The van der Waals surface area contributed by atoms with Gasteiger partial charge in [-0.1, -0.05) is 12.1 Å². The highest BCUT2D eigenvalue weighted by atomic mass is 16.3. The lowest BCUT2D eigenvalue weighted by molar-refractivity contribution is 0.0925. The van der Waals surface area contributed by atoms with E-state index in [0.29, 0.717) is 17.0 Å². The minimum absolute atomic E-state index is 0.190. The number of carbonyl (C=O) groups excluding carboxylic acids is 1. The number of aromatic nitrogens is 2. The number of nitrogens with zero attached hydrogens (tertiary/aromatic N) is 2. The van der Waals surface area contributed by atoms with Crippen LogP contribution < -0.4 is 10.6 Å². The molecular formula is C18H24N4O3. The average Bonchev–Trinajstić information content (AvgIpc) is 2.61. The zero-order valence-electron chi connectivity index (χ0n) is 14.3. The van der Waals surface area contributed by atoms with Gasteiger partial charge in [0.15, 0.2) is 0 Å². The molecule has 1 unspecified atom stereocenters. The van der Waals surface area contributed by atoms with E-state index in [1.165, 1.54) is 0 Å². The number of hydrogen-bond donors (Lipinski definition) is 4. The quantitative estimate of drug-likeness (QED) is 0.654. The van der Waals surface area contributed by atoms with E-state index in [1.807, 2.05) is 6.07 Å². The molecule has 7 heteroatoms. The molecule has 1 aromatic heterocycles. The largest absolute Gasteiger partial charge is 0.393 e. The van der Waals surface area contributed by atoms with Crippen LogP contribution in [0, 0.1) is 0 Å². The molecule has 0 saturated heterocycles. The summed E-state index contributed by atoms with van der Waals surface area (Å²) in [6.45, 7) is 1.81. The van der Waals surface area contributed by atoms with Crippen molar-refractivity contribution in [3.8, 4) is 0 Å². The van der Waals surface area contributed by atoms with Gasteiger partial charge >= 0.3 is 0 Å². The van der Waals surface area contributed by atoms with Crippen LogP contribution in [0.2, 0.25) is 0 Å². The van der Waals surface area contributed by atoms with Crippen LogP contribution in [0.15, 0.2) is 24.4 Å². The molecule has 0 aliphatic heterocycles. The van der Waals surface area contributed by atoms with Crippen LogP contribution in [0.5, 0.6) is 0 Å². The Morgan fingerprint density at radius 3 is 2.80 bits per heavy atom. The molecule has 0 radical (unpaired) electrons. The van der Waals surface area contributed by atoms with Gasteiger partial charge in [-0.25, -0.2) is 9.97 Å². The maximum Gasteiger partial charge on any atom is 0.253 e. The fourth-order valence-corrected chi connectivity index (χ4v) is 3.05. The normalized spacial score (nSPS) is 21.7. The molecule has 1 saturated carbocycles. The first-order valence-corrected chi connectivity index (χ1v) is 8.69. The number of carbonyl (C=O) groups is 1. The van der Waals surface area contributed by atoms with Crippen molar-refractivity contribution in [2.24, 2.45) is 0 Å². The van der Waals surface area contributed by atoms with Gasteiger partial charge in [0.1, 0.15) is 0 Å². The summed E-state index contributed by atoms with van der Waals surface area (Å²) in [5.41, 5.74) is 1.04. The first-order valence-electron chi connectivity index (χ1n) is 8.69. The van der Waals surface area contributed by atoms with Crippen molar-refractivity contribution >= 4 is 22.8 Å². The standard InChI is InChI=1S/C18H24N4O3/c1-11(23)9-19-17(25)15-4-2-3-12-10-20-18(22-16(12)15)21-13-5-7-14(24)8-6-13/h2-4,10-11,13-14,23-24H,5-9H2,1H3,(H,19,25)(H,20,21,22). The highest BCUT2D eigenvalue weighted by molar-refractivity contribution is 6.05. The zero-order chi connectivity index (χ0) is 17.8. The van der Waals surface area contributed by atoms with Gasteiger partial charge in [0.05, 0.1) is 23.3 Å². The molecule has 1 fully saturated rings. The van der Waals surface area contributed by atoms with Gasteiger partial charge in [-0.15, -0.1) is 0 Å². The van der Waals surface area contributed by atoms with Crippen LogP contribution in [-0.4, -0.2) is 50.9 Å². The van der Waals surface area contributed by atoms with Crippen molar-refractivity contribution < 1.29 is 15.0 Å². The average molecular weight is 344 g/mol. The van der Waals surface area contributed by atoms with Crippen LogP contribution in [-0.2, 0) is 0 Å². The minimum Gasteiger partial charge on any atom is -0.393 e. The molecule has 0 bridgehead atoms. The Morgan fingerprint density at radius 2 is 2.08 bits per heavy atom. The van der Waals surface area contributed by atoms with Gasteiger partial charge in [-0.2, -0.15) is 0 Å². The molecule has 1 aliphatic carbocycles. The number of fused-ring (bicyclic) bond motifs is 1. The minimum atomic E-state index is -0.604. The van der Waals surface area contributed by atoms with Crippen molar-refractivity contribution in [1.82, 2.24) is 15.3 Å². The number of aliphatic hydroxyl groups is 2. The summed E-state index contributed by atoms with van der Waals surface area (Å²) in [4.78, 5) is 21.2. The van der Waals surface area contributed by atoms with Gasteiger partial charge in [0, 0.05) is 24.2 Å². The first-order chi connectivity index (χ1) is 12.0. The monoisotopic (exact) mass is 344 g/mol. The van der Waals surface area contributed by atoms with Gasteiger partial charge < -0.3 is 20.8 Å². The molecule has 2 aromatic rings. The van der Waals surface area contributed by atoms with E-state index in [4.69, 9.17) is 0 Å². The number of rotatable bonds is 5. The molecule has 1 heterocycles. The lowest BCUT2D eigenvalue weighted by Crippen LogP contribution is -2.31. The van der Waals surface area contributed by atoms with Crippen molar-refractivity contribution in [2.75, 3.05) is 11.9 Å². The van der Waals surface area contributed by atoms with Crippen LogP contribution in [0.3, 0.4) is 0 Å². The molecule has 7 nitrogen and oxygen atoms in total. The molecule has 25 heavy (non-hydrogen) atoms. The SMILES string of the molecule is CC(O)CNC(=O)c1cccc2cnc(NC3CCC(O)CC3)nc12. The van der Waals surface area contributed by atoms with Crippen molar-refractivity contribution in [1.29, 1.82) is 0 Å². The number of amides is 1. The lowest BCUT2D eigenvalue weighted by atomic mass is 9.93. The molecule has 134 valence electrons. The third-order valence-electron chi connectivity index (χ3n) is 4.44. The Labute approximate surface area is 146 Å². The van der Waals surface area contributed by atoms with Gasteiger partial charge in [0.2, 0.25) is 5.95 Å².